The molecule has 6 heteroatoms. The summed E-state index contributed by atoms with van der Waals surface area (Å²) in [5, 5.41) is 3.19. The number of ether oxygens (including phenoxy) is 1. The molecule has 6 nitrogen and oxygen atoms in total. The van der Waals surface area contributed by atoms with Crippen LogP contribution in [0.4, 0.5) is 5.69 Å². The number of benzene rings is 1. The minimum Gasteiger partial charge on any atom is -0.485 e. The molecule has 1 amide bonds. The molecule has 4 bridgehead atoms. The molecular formula is C26H27N3O3. The molecule has 4 saturated carbocycles. The second kappa shape index (κ2) is 7.47. The van der Waals surface area contributed by atoms with Gasteiger partial charge in [0.2, 0.25) is 5.91 Å². The van der Waals surface area contributed by atoms with Crippen LogP contribution in [0.2, 0.25) is 0 Å². The van der Waals surface area contributed by atoms with E-state index >= 15 is 0 Å². The second-order valence-electron chi connectivity index (χ2n) is 9.95. The first-order valence-electron chi connectivity index (χ1n) is 11.6. The molecular weight excluding hydrogens is 402 g/mol. The zero-order valence-electron chi connectivity index (χ0n) is 18.0. The number of hydrogen-bond donors (Lipinski definition) is 1. The molecule has 2 aromatic heterocycles. The smallest absolute Gasteiger partial charge is 0.258 e. The van der Waals surface area contributed by atoms with Crippen LogP contribution in [0.25, 0.3) is 5.65 Å². The summed E-state index contributed by atoms with van der Waals surface area (Å²) in [5.74, 6) is 2.90. The van der Waals surface area contributed by atoms with Crippen molar-refractivity contribution in [2.75, 3.05) is 5.32 Å². The van der Waals surface area contributed by atoms with Crippen LogP contribution >= 0.6 is 0 Å². The number of aromatic nitrogens is 2. The lowest BCUT2D eigenvalue weighted by Gasteiger charge is -2.55. The summed E-state index contributed by atoms with van der Waals surface area (Å²) in [5.41, 5.74) is 1.48. The van der Waals surface area contributed by atoms with Crippen LogP contribution in [-0.2, 0) is 11.4 Å². The van der Waals surface area contributed by atoms with Crippen molar-refractivity contribution in [3.63, 3.8) is 0 Å². The zero-order chi connectivity index (χ0) is 21.7. The molecule has 0 unspecified atom stereocenters. The zero-order valence-corrected chi connectivity index (χ0v) is 18.0. The molecule has 164 valence electrons. The molecule has 0 atom stereocenters. The first kappa shape index (κ1) is 19.5. The lowest BCUT2D eigenvalue weighted by molar-refractivity contribution is -0.140. The maximum atomic E-state index is 13.5. The maximum Gasteiger partial charge on any atom is 0.258 e. The van der Waals surface area contributed by atoms with Crippen molar-refractivity contribution >= 4 is 17.2 Å². The van der Waals surface area contributed by atoms with E-state index in [0.29, 0.717) is 22.8 Å². The molecule has 0 spiro atoms. The number of carbonyl (C=O) groups is 1. The van der Waals surface area contributed by atoms with E-state index in [1.54, 1.807) is 18.3 Å². The Morgan fingerprint density at radius 3 is 2.47 bits per heavy atom. The molecule has 4 aliphatic rings. The fourth-order valence-electron chi connectivity index (χ4n) is 6.67. The van der Waals surface area contributed by atoms with Gasteiger partial charge in [-0.15, -0.1) is 0 Å². The van der Waals surface area contributed by atoms with Gasteiger partial charge in [0.25, 0.3) is 5.56 Å². The first-order chi connectivity index (χ1) is 15.6. The Bertz CT molecular complexity index is 1210. The fraction of sp³-hybridized carbons (Fsp3) is 0.423. The largest absolute Gasteiger partial charge is 0.485 e. The molecule has 4 aliphatic carbocycles. The van der Waals surface area contributed by atoms with E-state index in [4.69, 9.17) is 4.74 Å². The predicted molar refractivity (Wildman–Crippen MR) is 121 cm³/mol. The molecule has 0 saturated heterocycles. The third-order valence-corrected chi connectivity index (χ3v) is 7.65. The Morgan fingerprint density at radius 2 is 1.72 bits per heavy atom. The topological polar surface area (TPSA) is 72.7 Å². The van der Waals surface area contributed by atoms with E-state index in [9.17, 15) is 9.59 Å². The highest BCUT2D eigenvalue weighted by atomic mass is 16.5. The van der Waals surface area contributed by atoms with Crippen LogP contribution in [0, 0.1) is 23.2 Å². The van der Waals surface area contributed by atoms with E-state index in [-0.39, 0.29) is 23.5 Å². The summed E-state index contributed by atoms with van der Waals surface area (Å²) in [6.45, 7) is 0.158. The van der Waals surface area contributed by atoms with Crippen molar-refractivity contribution in [3.8, 4) is 5.75 Å². The van der Waals surface area contributed by atoms with Crippen LogP contribution in [0.3, 0.4) is 0 Å². The maximum absolute atomic E-state index is 13.5. The van der Waals surface area contributed by atoms with Crippen molar-refractivity contribution in [1.82, 2.24) is 9.38 Å². The van der Waals surface area contributed by atoms with Crippen molar-refractivity contribution < 1.29 is 9.53 Å². The number of pyridine rings is 1. The SMILES string of the molecule is O=C(Nc1ccccc1OCc1cc(=O)n2ccccc2n1)C12CC3CC(CC(C3)C1)C2. The van der Waals surface area contributed by atoms with Gasteiger partial charge < -0.3 is 10.1 Å². The normalized spacial score (nSPS) is 28.1. The lowest BCUT2D eigenvalue weighted by atomic mass is 9.49. The lowest BCUT2D eigenvalue weighted by Crippen LogP contribution is -2.51. The molecule has 1 N–H and O–H groups in total. The van der Waals surface area contributed by atoms with Crippen molar-refractivity contribution in [1.29, 1.82) is 0 Å². The van der Waals surface area contributed by atoms with E-state index < -0.39 is 0 Å². The summed E-state index contributed by atoms with van der Waals surface area (Å²) in [6.07, 6.45) is 8.71. The minimum absolute atomic E-state index is 0.141. The van der Waals surface area contributed by atoms with Gasteiger partial charge in [0.1, 0.15) is 18.0 Å². The number of carbonyl (C=O) groups excluding carboxylic acids is 1. The van der Waals surface area contributed by atoms with Crippen molar-refractivity contribution in [2.24, 2.45) is 23.2 Å². The number of hydrogen-bond acceptors (Lipinski definition) is 4. The predicted octanol–water partition coefficient (Wildman–Crippen LogP) is 4.43. The Morgan fingerprint density at radius 1 is 1.03 bits per heavy atom. The highest BCUT2D eigenvalue weighted by molar-refractivity contribution is 5.96. The molecule has 0 aliphatic heterocycles. The Balaban J connectivity index is 1.20. The summed E-state index contributed by atoms with van der Waals surface area (Å²) in [4.78, 5) is 30.3. The number of nitrogens with one attached hydrogen (secondary N) is 1. The average Bonchev–Trinajstić information content (AvgIpc) is 2.78. The highest BCUT2D eigenvalue weighted by Crippen LogP contribution is 2.60. The molecule has 32 heavy (non-hydrogen) atoms. The number of amides is 1. The van der Waals surface area contributed by atoms with Gasteiger partial charge in [-0.2, -0.15) is 0 Å². The molecule has 4 fully saturated rings. The fourth-order valence-corrected chi connectivity index (χ4v) is 6.67. The van der Waals surface area contributed by atoms with Crippen LogP contribution in [0.15, 0.2) is 59.5 Å². The van der Waals surface area contributed by atoms with Gasteiger partial charge in [0.15, 0.2) is 0 Å². The Hall–Kier alpha value is -3.15. The first-order valence-corrected chi connectivity index (χ1v) is 11.6. The van der Waals surface area contributed by atoms with Gasteiger partial charge in [-0.3, -0.25) is 14.0 Å². The monoisotopic (exact) mass is 429 g/mol. The summed E-state index contributed by atoms with van der Waals surface area (Å²) in [7, 11) is 0. The van der Waals surface area contributed by atoms with E-state index in [1.165, 1.54) is 29.7 Å². The van der Waals surface area contributed by atoms with Gasteiger partial charge >= 0.3 is 0 Å². The number of fused-ring (bicyclic) bond motifs is 1. The number of anilines is 1. The molecule has 2 heterocycles. The molecule has 7 rings (SSSR count). The Labute approximate surface area is 186 Å². The minimum atomic E-state index is -0.212. The standard InChI is InChI=1S/C26H27N3O3/c30-24-12-20(27-23-7-3-4-8-29(23)24)16-32-22-6-2-1-5-21(22)28-25(31)26-13-17-9-18(14-26)11-19(10-17)15-26/h1-8,12,17-19H,9-11,13-16H2,(H,28,31). The van der Waals surface area contributed by atoms with Crippen LogP contribution in [0.5, 0.6) is 5.75 Å². The van der Waals surface area contributed by atoms with Gasteiger partial charge in [0.05, 0.1) is 16.8 Å². The Kier molecular flexibility index (Phi) is 4.56. The van der Waals surface area contributed by atoms with Crippen LogP contribution < -0.4 is 15.6 Å². The number of rotatable bonds is 5. The van der Waals surface area contributed by atoms with Gasteiger partial charge in [-0.25, -0.2) is 4.98 Å². The number of para-hydroxylation sites is 2. The molecule has 1 aromatic carbocycles. The summed E-state index contributed by atoms with van der Waals surface area (Å²) >= 11 is 0. The number of nitrogens with zero attached hydrogens (tertiary/aromatic N) is 2. The quantitative estimate of drug-likeness (QED) is 0.651. The van der Waals surface area contributed by atoms with Crippen molar-refractivity contribution in [2.45, 2.75) is 45.1 Å². The average molecular weight is 430 g/mol. The third kappa shape index (κ3) is 3.38. The van der Waals surface area contributed by atoms with Crippen molar-refractivity contribution in [3.05, 3.63) is 70.8 Å². The summed E-state index contributed by atoms with van der Waals surface area (Å²) < 4.78 is 7.52. The van der Waals surface area contributed by atoms with E-state index in [2.05, 4.69) is 10.3 Å². The van der Waals surface area contributed by atoms with Gasteiger partial charge in [0, 0.05) is 12.3 Å². The van der Waals surface area contributed by atoms with Gasteiger partial charge in [-0.05, 0) is 80.5 Å². The van der Waals surface area contributed by atoms with E-state index in [0.717, 1.165) is 37.0 Å². The second-order valence-corrected chi connectivity index (χ2v) is 9.95. The van der Waals surface area contributed by atoms with E-state index in [1.807, 2.05) is 30.3 Å². The third-order valence-electron chi connectivity index (χ3n) is 7.65. The highest BCUT2D eigenvalue weighted by Gasteiger charge is 2.54. The summed E-state index contributed by atoms with van der Waals surface area (Å²) in [6, 6.07) is 14.5. The van der Waals surface area contributed by atoms with Crippen LogP contribution in [0.1, 0.15) is 44.2 Å². The van der Waals surface area contributed by atoms with Gasteiger partial charge in [-0.1, -0.05) is 18.2 Å². The molecule has 0 radical (unpaired) electrons. The van der Waals surface area contributed by atoms with Crippen LogP contribution in [-0.4, -0.2) is 15.3 Å². The molecule has 3 aromatic rings.